The van der Waals surface area contributed by atoms with E-state index in [1.54, 1.807) is 0 Å². The molecule has 52 valence electrons. The lowest BCUT2D eigenvalue weighted by Crippen LogP contribution is -2.20. The third-order valence-corrected chi connectivity index (χ3v) is 1.12. The highest BCUT2D eigenvalue weighted by Crippen LogP contribution is 1.83. The predicted molar refractivity (Wildman–Crippen MR) is 31.8 cm³/mol. The zero-order chi connectivity index (χ0) is 7.44. The van der Waals surface area contributed by atoms with Crippen LogP contribution in [0.25, 0.3) is 0 Å². The molecule has 0 fully saturated rings. The molecule has 0 bridgehead atoms. The molecule has 6 heteroatoms. The molecule has 0 amide bonds. The monoisotopic (exact) mass is 150 g/mol. The molecular formula is C3H6N2O3S. The van der Waals surface area contributed by atoms with Crippen LogP contribution in [0.3, 0.4) is 0 Å². The second-order valence-corrected chi connectivity index (χ2v) is 2.25. The van der Waals surface area contributed by atoms with Gasteiger partial charge in [0.1, 0.15) is 0 Å². The molecule has 0 aromatic rings. The van der Waals surface area contributed by atoms with Gasteiger partial charge in [0, 0.05) is 6.92 Å². The summed E-state index contributed by atoms with van der Waals surface area (Å²) >= 11 is -2.09. The minimum absolute atomic E-state index is 0.662. The molecular weight excluding hydrogens is 144 g/mol. The van der Waals surface area contributed by atoms with E-state index in [0.29, 0.717) is 0 Å². The van der Waals surface area contributed by atoms with Crippen LogP contribution in [0.15, 0.2) is 0 Å². The van der Waals surface area contributed by atoms with E-state index in [4.69, 9.17) is 11.1 Å². The highest BCUT2D eigenvalue weighted by Gasteiger charge is 2.05. The summed E-state index contributed by atoms with van der Waals surface area (Å²) in [6.45, 7) is 1.08. The maximum atomic E-state index is 10.3. The first-order valence-corrected chi connectivity index (χ1v) is 3.06. The van der Waals surface area contributed by atoms with Crippen molar-refractivity contribution in [2.75, 3.05) is 0 Å². The summed E-state index contributed by atoms with van der Waals surface area (Å²) < 4.78 is 14.3. The maximum absolute atomic E-state index is 10.3. The van der Waals surface area contributed by atoms with Crippen LogP contribution in [0.2, 0.25) is 0 Å². The summed E-state index contributed by atoms with van der Waals surface area (Å²) in [5, 5.41) is 5.83. The molecule has 5 nitrogen and oxygen atoms in total. The molecule has 0 spiro atoms. The summed E-state index contributed by atoms with van der Waals surface area (Å²) in [7, 11) is 0. The largest absolute Gasteiger partial charge is 0.374 e. The van der Waals surface area contributed by atoms with Crippen molar-refractivity contribution in [3.05, 3.63) is 0 Å². The van der Waals surface area contributed by atoms with E-state index in [0.717, 1.165) is 6.92 Å². The van der Waals surface area contributed by atoms with Gasteiger partial charge in [-0.2, -0.15) is 0 Å². The Morgan fingerprint density at radius 1 is 1.78 bits per heavy atom. The van der Waals surface area contributed by atoms with Crippen LogP contribution < -0.4 is 5.73 Å². The second kappa shape index (κ2) is 3.18. The van der Waals surface area contributed by atoms with Gasteiger partial charge in [-0.1, -0.05) is 0 Å². The molecule has 3 N–H and O–H groups in total. The van der Waals surface area contributed by atoms with Crippen LogP contribution in [0, 0.1) is 5.41 Å². The molecule has 9 heavy (non-hydrogen) atoms. The lowest BCUT2D eigenvalue weighted by Gasteiger charge is -1.94. The minimum Gasteiger partial charge on any atom is -0.374 e. The quantitative estimate of drug-likeness (QED) is 0.346. The zero-order valence-corrected chi connectivity index (χ0v) is 5.53. The Morgan fingerprint density at radius 2 is 2.22 bits per heavy atom. The SMILES string of the molecule is CC(=O)OS(=O)C(=N)N. The van der Waals surface area contributed by atoms with Crippen molar-refractivity contribution >= 4 is 22.2 Å². The minimum atomic E-state index is -2.09. The van der Waals surface area contributed by atoms with Crippen molar-refractivity contribution in [3.8, 4) is 0 Å². The Kier molecular flexibility index (Phi) is 2.86. The van der Waals surface area contributed by atoms with E-state index >= 15 is 0 Å². The van der Waals surface area contributed by atoms with Gasteiger partial charge >= 0.3 is 5.97 Å². The molecule has 0 aromatic heterocycles. The lowest BCUT2D eigenvalue weighted by atomic mass is 10.9. The first-order valence-electron chi connectivity index (χ1n) is 1.98. The highest BCUT2D eigenvalue weighted by atomic mass is 32.2. The number of nitrogens with two attached hydrogens (primary N) is 1. The van der Waals surface area contributed by atoms with Gasteiger partial charge < -0.3 is 9.92 Å². The Hall–Kier alpha value is -0.910. The van der Waals surface area contributed by atoms with Crippen molar-refractivity contribution in [3.63, 3.8) is 0 Å². The molecule has 0 radical (unpaired) electrons. The van der Waals surface area contributed by atoms with E-state index in [9.17, 15) is 9.00 Å². The van der Waals surface area contributed by atoms with Crippen LogP contribution in [0.1, 0.15) is 6.92 Å². The normalized spacial score (nSPS) is 12.1. The van der Waals surface area contributed by atoms with Gasteiger partial charge in [0.25, 0.3) is 11.1 Å². The Bertz CT molecular complexity index is 166. The lowest BCUT2D eigenvalue weighted by molar-refractivity contribution is -0.130. The van der Waals surface area contributed by atoms with Gasteiger partial charge in [0.05, 0.1) is 0 Å². The zero-order valence-electron chi connectivity index (χ0n) is 4.71. The molecule has 0 saturated heterocycles. The van der Waals surface area contributed by atoms with Crippen LogP contribution in [0.5, 0.6) is 0 Å². The van der Waals surface area contributed by atoms with Crippen molar-refractivity contribution in [2.45, 2.75) is 6.92 Å². The van der Waals surface area contributed by atoms with E-state index < -0.39 is 22.2 Å². The molecule has 0 rings (SSSR count). The van der Waals surface area contributed by atoms with Gasteiger partial charge in [0.15, 0.2) is 0 Å². The number of carbonyl (C=O) groups excluding carboxylic acids is 1. The fourth-order valence-corrected chi connectivity index (χ4v) is 0.454. The summed E-state index contributed by atoms with van der Waals surface area (Å²) in [6.07, 6.45) is 0. The van der Waals surface area contributed by atoms with Crippen molar-refractivity contribution in [2.24, 2.45) is 5.73 Å². The Morgan fingerprint density at radius 3 is 2.33 bits per heavy atom. The summed E-state index contributed by atoms with van der Waals surface area (Å²) in [5.74, 6) is -0.719. The molecule has 0 aromatic carbocycles. The molecule has 0 aliphatic heterocycles. The number of carbonyl (C=O) groups is 1. The van der Waals surface area contributed by atoms with E-state index in [1.165, 1.54) is 0 Å². The summed E-state index contributed by atoms with van der Waals surface area (Å²) in [4.78, 5) is 9.99. The predicted octanol–water partition coefficient (Wildman–Crippen LogP) is -0.893. The van der Waals surface area contributed by atoms with E-state index in [2.05, 4.69) is 4.18 Å². The Balaban J connectivity index is 3.79. The van der Waals surface area contributed by atoms with Gasteiger partial charge in [-0.05, 0) is 0 Å². The number of nitrogens with one attached hydrogen (secondary N) is 1. The fourth-order valence-electron chi connectivity index (χ4n) is 0.151. The molecule has 1 unspecified atom stereocenters. The third kappa shape index (κ3) is 3.65. The average molecular weight is 150 g/mol. The molecule has 0 saturated carbocycles. The standard InChI is InChI=1S/C3H6N2O3S/c1-2(6)8-9(7)3(4)5/h1H3,(H3,4,5). The number of amidine groups is 1. The Labute approximate surface area is 54.4 Å². The fraction of sp³-hybridized carbons (Fsp3) is 0.333. The number of rotatable bonds is 0. The van der Waals surface area contributed by atoms with Gasteiger partial charge in [0.2, 0.25) is 5.17 Å². The second-order valence-electron chi connectivity index (χ2n) is 1.17. The number of hydrogen-bond donors (Lipinski definition) is 2. The van der Waals surface area contributed by atoms with Crippen molar-refractivity contribution in [1.82, 2.24) is 0 Å². The van der Waals surface area contributed by atoms with Crippen molar-refractivity contribution < 1.29 is 13.2 Å². The van der Waals surface area contributed by atoms with Crippen LogP contribution in [-0.2, 0) is 20.1 Å². The third-order valence-electron chi connectivity index (χ3n) is 0.373. The van der Waals surface area contributed by atoms with Gasteiger partial charge in [-0.3, -0.25) is 10.2 Å². The first-order chi connectivity index (χ1) is 4.04. The topological polar surface area (TPSA) is 93.2 Å². The average Bonchev–Trinajstić information content (AvgIpc) is 1.63. The molecule has 1 atom stereocenters. The van der Waals surface area contributed by atoms with Crippen LogP contribution in [-0.4, -0.2) is 15.3 Å². The first kappa shape index (κ1) is 8.09. The molecule has 0 aliphatic carbocycles. The highest BCUT2D eigenvalue weighted by molar-refractivity contribution is 7.96. The van der Waals surface area contributed by atoms with Crippen LogP contribution in [0.4, 0.5) is 0 Å². The van der Waals surface area contributed by atoms with Crippen LogP contribution >= 0.6 is 0 Å². The summed E-state index contributed by atoms with van der Waals surface area (Å²) in [6, 6.07) is 0. The maximum Gasteiger partial charge on any atom is 0.317 e. The summed E-state index contributed by atoms with van der Waals surface area (Å²) in [5.41, 5.74) is 4.69. The van der Waals surface area contributed by atoms with Crippen molar-refractivity contribution in [1.29, 1.82) is 5.41 Å². The molecule has 0 heterocycles. The molecule has 0 aliphatic rings. The smallest absolute Gasteiger partial charge is 0.317 e. The number of hydrogen-bond acceptors (Lipinski definition) is 4. The van der Waals surface area contributed by atoms with E-state index in [-0.39, 0.29) is 0 Å². The van der Waals surface area contributed by atoms with E-state index in [1.807, 2.05) is 0 Å². The van der Waals surface area contributed by atoms with Gasteiger partial charge in [-0.15, -0.1) is 0 Å². The van der Waals surface area contributed by atoms with Gasteiger partial charge in [-0.25, -0.2) is 4.21 Å².